The molecule has 0 saturated heterocycles. The third-order valence-corrected chi connectivity index (χ3v) is 4.38. The smallest absolute Gasteiger partial charge is 0.145 e. The minimum Gasteiger partial charge on any atom is -0.298 e. The van der Waals surface area contributed by atoms with Gasteiger partial charge in [-0.3, -0.25) is 4.79 Å². The predicted molar refractivity (Wildman–Crippen MR) is 60.1 cm³/mol. The molecular formula is C13H22O. The fourth-order valence-corrected chi connectivity index (χ4v) is 2.65. The van der Waals surface area contributed by atoms with Gasteiger partial charge in [0, 0.05) is 0 Å². The Hall–Kier alpha value is -0.590. The van der Waals surface area contributed by atoms with Crippen LogP contribution in [0.5, 0.6) is 0 Å². The summed E-state index contributed by atoms with van der Waals surface area (Å²) in [7, 11) is 0. The number of rotatable bonds is 2. The van der Waals surface area contributed by atoms with Gasteiger partial charge in [0.25, 0.3) is 0 Å². The summed E-state index contributed by atoms with van der Waals surface area (Å²) in [5.41, 5.74) is 2.58. The minimum absolute atomic E-state index is 0.356. The first kappa shape index (κ1) is 11.5. The third-order valence-electron chi connectivity index (χ3n) is 4.38. The lowest BCUT2D eigenvalue weighted by atomic mass is 9.72. The van der Waals surface area contributed by atoms with Gasteiger partial charge in [0.2, 0.25) is 0 Å². The normalized spacial score (nSPS) is 32.6. The molecule has 0 amide bonds. The molecule has 1 nitrogen and oxygen atoms in total. The summed E-state index contributed by atoms with van der Waals surface area (Å²) in [6, 6.07) is 0. The maximum absolute atomic E-state index is 10.7. The SMILES string of the molecule is CC(C=O)=C(C)C1CCC(C)C1(C)C. The van der Waals surface area contributed by atoms with E-state index in [2.05, 4.69) is 27.7 Å². The summed E-state index contributed by atoms with van der Waals surface area (Å²) in [5, 5.41) is 0. The van der Waals surface area contributed by atoms with Crippen molar-refractivity contribution in [1.29, 1.82) is 0 Å². The quantitative estimate of drug-likeness (QED) is 0.485. The van der Waals surface area contributed by atoms with Crippen LogP contribution in [0.15, 0.2) is 11.1 Å². The zero-order valence-corrected chi connectivity index (χ0v) is 10.1. The molecule has 0 aromatic carbocycles. The van der Waals surface area contributed by atoms with Crippen molar-refractivity contribution in [2.24, 2.45) is 17.3 Å². The zero-order valence-electron chi connectivity index (χ0n) is 10.1. The van der Waals surface area contributed by atoms with E-state index in [-0.39, 0.29) is 0 Å². The van der Waals surface area contributed by atoms with Crippen LogP contribution in [0.25, 0.3) is 0 Å². The molecule has 0 aliphatic heterocycles. The second-order valence-electron chi connectivity index (χ2n) is 5.34. The molecule has 2 atom stereocenters. The van der Waals surface area contributed by atoms with Crippen LogP contribution in [-0.2, 0) is 4.79 Å². The van der Waals surface area contributed by atoms with E-state index < -0.39 is 0 Å². The Morgan fingerprint density at radius 2 is 1.86 bits per heavy atom. The molecule has 1 aliphatic carbocycles. The molecule has 14 heavy (non-hydrogen) atoms. The van der Waals surface area contributed by atoms with Gasteiger partial charge in [0.1, 0.15) is 6.29 Å². The van der Waals surface area contributed by atoms with Crippen molar-refractivity contribution in [2.75, 3.05) is 0 Å². The zero-order chi connectivity index (χ0) is 10.9. The molecule has 0 aromatic rings. The number of aldehydes is 1. The lowest BCUT2D eigenvalue weighted by Crippen LogP contribution is -2.24. The fourth-order valence-electron chi connectivity index (χ4n) is 2.65. The van der Waals surface area contributed by atoms with Crippen LogP contribution in [0.1, 0.15) is 47.5 Å². The molecule has 1 fully saturated rings. The molecule has 0 radical (unpaired) electrons. The standard InChI is InChI=1S/C13H22O/c1-9(8-14)11(3)12-7-6-10(2)13(12,4)5/h8,10,12H,6-7H2,1-5H3. The molecule has 0 spiro atoms. The van der Waals surface area contributed by atoms with Crippen LogP contribution >= 0.6 is 0 Å². The van der Waals surface area contributed by atoms with E-state index in [1.807, 2.05) is 6.92 Å². The lowest BCUT2D eigenvalue weighted by Gasteiger charge is -2.32. The fraction of sp³-hybridized carbons (Fsp3) is 0.769. The summed E-state index contributed by atoms with van der Waals surface area (Å²) in [6.07, 6.45) is 3.53. The summed E-state index contributed by atoms with van der Waals surface area (Å²) in [4.78, 5) is 10.7. The van der Waals surface area contributed by atoms with Crippen LogP contribution in [0.3, 0.4) is 0 Å². The highest BCUT2D eigenvalue weighted by molar-refractivity contribution is 5.73. The molecule has 1 rings (SSSR count). The van der Waals surface area contributed by atoms with E-state index in [0.29, 0.717) is 11.3 Å². The van der Waals surface area contributed by atoms with Crippen molar-refractivity contribution < 1.29 is 4.79 Å². The molecule has 1 saturated carbocycles. The second-order valence-corrected chi connectivity index (χ2v) is 5.34. The van der Waals surface area contributed by atoms with E-state index >= 15 is 0 Å². The molecule has 0 aromatic heterocycles. The van der Waals surface area contributed by atoms with Crippen molar-refractivity contribution in [3.8, 4) is 0 Å². The summed E-state index contributed by atoms with van der Waals surface area (Å²) >= 11 is 0. The molecule has 1 heteroatoms. The first-order valence-corrected chi connectivity index (χ1v) is 5.53. The number of hydrogen-bond acceptors (Lipinski definition) is 1. The maximum Gasteiger partial charge on any atom is 0.145 e. The number of carbonyl (C=O) groups is 1. The van der Waals surface area contributed by atoms with E-state index in [9.17, 15) is 4.79 Å². The highest BCUT2D eigenvalue weighted by Crippen LogP contribution is 2.50. The molecule has 0 bridgehead atoms. The van der Waals surface area contributed by atoms with Crippen LogP contribution in [0.2, 0.25) is 0 Å². The summed E-state index contributed by atoms with van der Waals surface area (Å²) in [6.45, 7) is 11.0. The average molecular weight is 194 g/mol. The Balaban J connectivity index is 2.96. The first-order chi connectivity index (χ1) is 6.41. The van der Waals surface area contributed by atoms with Gasteiger partial charge in [-0.25, -0.2) is 0 Å². The highest BCUT2D eigenvalue weighted by Gasteiger charge is 2.41. The number of carbonyl (C=O) groups excluding carboxylic acids is 1. The number of hydrogen-bond donors (Lipinski definition) is 0. The Bertz CT molecular complexity index is 260. The van der Waals surface area contributed by atoms with Gasteiger partial charge >= 0.3 is 0 Å². The van der Waals surface area contributed by atoms with E-state index in [1.165, 1.54) is 18.4 Å². The van der Waals surface area contributed by atoms with Gasteiger partial charge in [0.15, 0.2) is 0 Å². The molecule has 1 aliphatic rings. The van der Waals surface area contributed by atoms with Crippen LogP contribution < -0.4 is 0 Å². The van der Waals surface area contributed by atoms with Gasteiger partial charge in [-0.1, -0.05) is 26.3 Å². The Labute approximate surface area is 87.6 Å². The highest BCUT2D eigenvalue weighted by atomic mass is 16.1. The van der Waals surface area contributed by atoms with Gasteiger partial charge in [0.05, 0.1) is 0 Å². The van der Waals surface area contributed by atoms with Gasteiger partial charge in [-0.2, -0.15) is 0 Å². The van der Waals surface area contributed by atoms with Crippen LogP contribution in [0, 0.1) is 17.3 Å². The topological polar surface area (TPSA) is 17.1 Å². The summed E-state index contributed by atoms with van der Waals surface area (Å²) < 4.78 is 0. The van der Waals surface area contributed by atoms with Crippen LogP contribution in [-0.4, -0.2) is 6.29 Å². The Kier molecular flexibility index (Phi) is 3.18. The molecule has 80 valence electrons. The van der Waals surface area contributed by atoms with Crippen LogP contribution in [0.4, 0.5) is 0 Å². The Morgan fingerprint density at radius 1 is 1.29 bits per heavy atom. The molecule has 0 N–H and O–H groups in total. The van der Waals surface area contributed by atoms with Gasteiger partial charge in [-0.15, -0.1) is 0 Å². The van der Waals surface area contributed by atoms with Gasteiger partial charge in [-0.05, 0) is 49.5 Å². The predicted octanol–water partition coefficient (Wildman–Crippen LogP) is 3.59. The minimum atomic E-state index is 0.356. The van der Waals surface area contributed by atoms with Crippen molar-refractivity contribution in [1.82, 2.24) is 0 Å². The summed E-state index contributed by atoms with van der Waals surface area (Å²) in [5.74, 6) is 1.37. The van der Waals surface area contributed by atoms with E-state index in [0.717, 1.165) is 17.8 Å². The second kappa shape index (κ2) is 3.88. The van der Waals surface area contributed by atoms with Crippen molar-refractivity contribution in [3.63, 3.8) is 0 Å². The largest absolute Gasteiger partial charge is 0.298 e. The molecular weight excluding hydrogens is 172 g/mol. The van der Waals surface area contributed by atoms with Crippen molar-refractivity contribution in [3.05, 3.63) is 11.1 Å². The Morgan fingerprint density at radius 3 is 2.21 bits per heavy atom. The van der Waals surface area contributed by atoms with E-state index in [4.69, 9.17) is 0 Å². The molecule has 0 heterocycles. The average Bonchev–Trinajstić information content (AvgIpc) is 2.40. The monoisotopic (exact) mass is 194 g/mol. The van der Waals surface area contributed by atoms with E-state index in [1.54, 1.807) is 0 Å². The maximum atomic E-state index is 10.7. The van der Waals surface area contributed by atoms with Crippen molar-refractivity contribution in [2.45, 2.75) is 47.5 Å². The lowest BCUT2D eigenvalue weighted by molar-refractivity contribution is -0.104. The third kappa shape index (κ3) is 1.77. The first-order valence-electron chi connectivity index (χ1n) is 5.53. The van der Waals surface area contributed by atoms with Gasteiger partial charge < -0.3 is 0 Å². The number of allylic oxidation sites excluding steroid dienone is 2. The van der Waals surface area contributed by atoms with Crippen molar-refractivity contribution >= 4 is 6.29 Å². The molecule has 2 unspecified atom stereocenters.